The van der Waals surface area contributed by atoms with E-state index in [-0.39, 0.29) is 0 Å². The number of hydrogen-bond acceptors (Lipinski definition) is 1. The van der Waals surface area contributed by atoms with Crippen molar-refractivity contribution in [1.82, 2.24) is 0 Å². The lowest BCUT2D eigenvalue weighted by Gasteiger charge is -2.39. The fourth-order valence-corrected chi connectivity index (χ4v) is 3.38. The number of aliphatic hydroxyl groups excluding tert-OH is 1. The van der Waals surface area contributed by atoms with Crippen molar-refractivity contribution in [3.63, 3.8) is 0 Å². The van der Waals surface area contributed by atoms with E-state index in [4.69, 9.17) is 5.11 Å². The summed E-state index contributed by atoms with van der Waals surface area (Å²) in [6.07, 6.45) is 11.5. The van der Waals surface area contributed by atoms with E-state index in [2.05, 4.69) is 13.0 Å². The van der Waals surface area contributed by atoms with Crippen molar-refractivity contribution in [2.45, 2.75) is 51.9 Å². The smallest absolute Gasteiger partial charge is 0.0434 e. The minimum atomic E-state index is 0.345. The maximum Gasteiger partial charge on any atom is 0.0434 e. The van der Waals surface area contributed by atoms with E-state index in [1.165, 1.54) is 32.1 Å². The van der Waals surface area contributed by atoms with Gasteiger partial charge in [-0.25, -0.2) is 0 Å². The Balaban J connectivity index is 2.03. The number of fused-ring (bicyclic) bond motifs is 1. The molecule has 1 N–H and O–H groups in total. The average molecular weight is 194 g/mol. The predicted octanol–water partition coefficient (Wildman–Crippen LogP) is 3.29. The minimum Gasteiger partial charge on any atom is -0.396 e. The van der Waals surface area contributed by atoms with E-state index in [1.54, 1.807) is 5.57 Å². The van der Waals surface area contributed by atoms with E-state index < -0.39 is 0 Å². The second kappa shape index (κ2) is 4.06. The third-order valence-electron chi connectivity index (χ3n) is 4.39. The second-order valence-electron chi connectivity index (χ2n) is 5.15. The summed E-state index contributed by atoms with van der Waals surface area (Å²) in [4.78, 5) is 0. The van der Waals surface area contributed by atoms with Crippen LogP contribution in [0.5, 0.6) is 0 Å². The maximum absolute atomic E-state index is 8.88. The van der Waals surface area contributed by atoms with E-state index in [0.717, 1.165) is 18.8 Å². The van der Waals surface area contributed by atoms with Crippen LogP contribution in [0, 0.1) is 11.3 Å². The molecular weight excluding hydrogens is 172 g/mol. The number of allylic oxidation sites excluding steroid dienone is 2. The number of rotatable bonds is 3. The van der Waals surface area contributed by atoms with E-state index in [0.29, 0.717) is 12.0 Å². The van der Waals surface area contributed by atoms with Crippen LogP contribution in [-0.4, -0.2) is 11.7 Å². The van der Waals surface area contributed by atoms with Crippen molar-refractivity contribution in [3.8, 4) is 0 Å². The van der Waals surface area contributed by atoms with Crippen LogP contribution in [0.2, 0.25) is 0 Å². The van der Waals surface area contributed by atoms with Crippen LogP contribution in [0.4, 0.5) is 0 Å². The van der Waals surface area contributed by atoms with Gasteiger partial charge in [-0.3, -0.25) is 0 Å². The molecule has 0 spiro atoms. The Morgan fingerprint density at radius 2 is 2.36 bits per heavy atom. The topological polar surface area (TPSA) is 20.2 Å². The average Bonchev–Trinajstić information content (AvgIpc) is 2.52. The molecule has 1 heteroatoms. The summed E-state index contributed by atoms with van der Waals surface area (Å²) in [5, 5.41) is 8.88. The zero-order valence-corrected chi connectivity index (χ0v) is 9.26. The molecule has 0 bridgehead atoms. The number of hydrogen-bond donors (Lipinski definition) is 1. The van der Waals surface area contributed by atoms with Crippen LogP contribution in [0.1, 0.15) is 51.9 Å². The molecule has 0 amide bonds. The Hall–Kier alpha value is -0.300. The maximum atomic E-state index is 8.88. The molecule has 1 saturated carbocycles. The summed E-state index contributed by atoms with van der Waals surface area (Å²) in [7, 11) is 0. The summed E-state index contributed by atoms with van der Waals surface area (Å²) in [6, 6.07) is 0. The molecule has 0 heterocycles. The van der Waals surface area contributed by atoms with Gasteiger partial charge in [0.05, 0.1) is 0 Å². The van der Waals surface area contributed by atoms with Gasteiger partial charge < -0.3 is 5.11 Å². The van der Waals surface area contributed by atoms with Crippen LogP contribution < -0.4 is 0 Å². The lowest BCUT2D eigenvalue weighted by molar-refractivity contribution is 0.172. The first kappa shape index (κ1) is 10.2. The van der Waals surface area contributed by atoms with Crippen LogP contribution in [-0.2, 0) is 0 Å². The van der Waals surface area contributed by atoms with Gasteiger partial charge in [0.1, 0.15) is 0 Å². The normalized spacial score (nSPS) is 36.7. The highest BCUT2D eigenvalue weighted by Crippen LogP contribution is 2.53. The van der Waals surface area contributed by atoms with Crippen molar-refractivity contribution in [1.29, 1.82) is 0 Å². The van der Waals surface area contributed by atoms with Gasteiger partial charge in [-0.15, -0.1) is 0 Å². The summed E-state index contributed by atoms with van der Waals surface area (Å²) in [6.45, 7) is 2.80. The first-order chi connectivity index (χ1) is 6.77. The van der Waals surface area contributed by atoms with Gasteiger partial charge in [-0.05, 0) is 43.4 Å². The van der Waals surface area contributed by atoms with Crippen molar-refractivity contribution in [2.24, 2.45) is 11.3 Å². The molecule has 2 atom stereocenters. The van der Waals surface area contributed by atoms with E-state index >= 15 is 0 Å². The highest BCUT2D eigenvalue weighted by atomic mass is 16.2. The Morgan fingerprint density at radius 3 is 3.14 bits per heavy atom. The molecule has 0 aromatic carbocycles. The zero-order chi connectivity index (χ0) is 10.0. The molecule has 0 aliphatic heterocycles. The van der Waals surface area contributed by atoms with Crippen molar-refractivity contribution >= 4 is 0 Å². The largest absolute Gasteiger partial charge is 0.396 e. The predicted molar refractivity (Wildman–Crippen MR) is 59.1 cm³/mol. The molecule has 1 fully saturated rings. The zero-order valence-electron chi connectivity index (χ0n) is 9.26. The summed E-state index contributed by atoms with van der Waals surface area (Å²) >= 11 is 0. The Labute approximate surface area is 87.2 Å². The molecule has 2 aliphatic carbocycles. The Bertz CT molecular complexity index is 231. The molecule has 80 valence electrons. The van der Waals surface area contributed by atoms with Crippen molar-refractivity contribution in [2.75, 3.05) is 6.61 Å². The van der Waals surface area contributed by atoms with Gasteiger partial charge in [0.25, 0.3) is 0 Å². The Kier molecular flexibility index (Phi) is 2.96. The fourth-order valence-electron chi connectivity index (χ4n) is 3.38. The quantitative estimate of drug-likeness (QED) is 0.684. The van der Waals surface area contributed by atoms with Gasteiger partial charge in [-0.2, -0.15) is 0 Å². The van der Waals surface area contributed by atoms with Gasteiger partial charge in [-0.1, -0.05) is 31.4 Å². The van der Waals surface area contributed by atoms with Gasteiger partial charge in [0.15, 0.2) is 0 Å². The third kappa shape index (κ3) is 1.63. The van der Waals surface area contributed by atoms with Crippen LogP contribution in [0.15, 0.2) is 11.6 Å². The summed E-state index contributed by atoms with van der Waals surface area (Å²) < 4.78 is 0. The third-order valence-corrected chi connectivity index (χ3v) is 4.39. The van der Waals surface area contributed by atoms with E-state index in [1.807, 2.05) is 0 Å². The van der Waals surface area contributed by atoms with Gasteiger partial charge >= 0.3 is 0 Å². The lowest BCUT2D eigenvalue weighted by atomic mass is 9.66. The molecule has 2 aliphatic rings. The van der Waals surface area contributed by atoms with Crippen LogP contribution >= 0.6 is 0 Å². The SMILES string of the molecule is CC12CCCCC1CC=C2CCCO. The fraction of sp³-hybridized carbons (Fsp3) is 0.846. The molecule has 2 rings (SSSR count). The molecule has 0 saturated heterocycles. The molecule has 0 aromatic rings. The second-order valence-corrected chi connectivity index (χ2v) is 5.15. The monoisotopic (exact) mass is 194 g/mol. The Morgan fingerprint density at radius 1 is 1.50 bits per heavy atom. The van der Waals surface area contributed by atoms with Gasteiger partial charge in [0.2, 0.25) is 0 Å². The van der Waals surface area contributed by atoms with Crippen LogP contribution in [0.3, 0.4) is 0 Å². The highest BCUT2D eigenvalue weighted by Gasteiger charge is 2.41. The first-order valence-electron chi connectivity index (χ1n) is 6.08. The molecule has 2 unspecified atom stereocenters. The first-order valence-corrected chi connectivity index (χ1v) is 6.08. The summed E-state index contributed by atoms with van der Waals surface area (Å²) in [5.74, 6) is 0.921. The lowest BCUT2D eigenvalue weighted by Crippen LogP contribution is -2.28. The number of aliphatic hydroxyl groups is 1. The molecule has 0 radical (unpaired) electrons. The van der Waals surface area contributed by atoms with E-state index in [9.17, 15) is 0 Å². The minimum absolute atomic E-state index is 0.345. The molecular formula is C13H22O. The molecule has 1 nitrogen and oxygen atoms in total. The molecule has 14 heavy (non-hydrogen) atoms. The highest BCUT2D eigenvalue weighted by molar-refractivity contribution is 5.22. The molecule has 0 aromatic heterocycles. The van der Waals surface area contributed by atoms with Crippen molar-refractivity contribution in [3.05, 3.63) is 11.6 Å². The van der Waals surface area contributed by atoms with Gasteiger partial charge in [0, 0.05) is 6.61 Å². The standard InChI is InChI=1S/C13H22O/c1-13-9-3-2-5-11(13)7-8-12(13)6-4-10-14/h8,11,14H,2-7,9-10H2,1H3. The van der Waals surface area contributed by atoms with Crippen molar-refractivity contribution < 1.29 is 5.11 Å². The summed E-state index contributed by atoms with van der Waals surface area (Å²) in [5.41, 5.74) is 2.16. The van der Waals surface area contributed by atoms with Crippen LogP contribution in [0.25, 0.3) is 0 Å².